The van der Waals surface area contributed by atoms with E-state index in [-0.39, 0.29) is 5.82 Å². The Kier molecular flexibility index (Phi) is 3.69. The lowest BCUT2D eigenvalue weighted by Gasteiger charge is -2.08. The van der Waals surface area contributed by atoms with E-state index in [0.29, 0.717) is 33.7 Å². The van der Waals surface area contributed by atoms with Crippen molar-refractivity contribution in [3.63, 3.8) is 0 Å². The maximum atomic E-state index is 13.7. The average molecular weight is 314 g/mol. The summed E-state index contributed by atoms with van der Waals surface area (Å²) in [6.45, 7) is 3.48. The van der Waals surface area contributed by atoms with E-state index in [0.717, 1.165) is 0 Å². The highest BCUT2D eigenvalue weighted by Crippen LogP contribution is 2.26. The van der Waals surface area contributed by atoms with E-state index in [9.17, 15) is 9.18 Å². The normalized spacial score (nSPS) is 10.8. The van der Waals surface area contributed by atoms with E-state index in [1.807, 2.05) is 0 Å². The summed E-state index contributed by atoms with van der Waals surface area (Å²) in [5, 5.41) is 7.16. The highest BCUT2D eigenvalue weighted by Gasteiger charge is 2.18. The Hall–Kier alpha value is -2.96. The van der Waals surface area contributed by atoms with Crippen molar-refractivity contribution in [1.29, 1.82) is 0 Å². The van der Waals surface area contributed by atoms with E-state index in [4.69, 9.17) is 4.74 Å². The quantitative estimate of drug-likeness (QED) is 0.753. The predicted octanol–water partition coefficient (Wildman–Crippen LogP) is 3.02. The molecule has 0 fully saturated rings. The van der Waals surface area contributed by atoms with Gasteiger partial charge in [0, 0.05) is 11.9 Å². The van der Waals surface area contributed by atoms with Crippen molar-refractivity contribution in [3.8, 4) is 0 Å². The van der Waals surface area contributed by atoms with Crippen molar-refractivity contribution in [2.75, 3.05) is 12.4 Å². The minimum atomic E-state index is -0.444. The van der Waals surface area contributed by atoms with Crippen molar-refractivity contribution in [1.82, 2.24) is 14.6 Å². The van der Waals surface area contributed by atoms with E-state index in [2.05, 4.69) is 15.4 Å². The molecule has 0 aliphatic carbocycles. The smallest absolute Gasteiger partial charge is 0.339 e. The molecule has 2 aromatic heterocycles. The number of esters is 1. The Labute approximate surface area is 131 Å². The van der Waals surface area contributed by atoms with Gasteiger partial charge in [-0.25, -0.2) is 18.7 Å². The molecule has 0 unspecified atom stereocenters. The first-order valence-electron chi connectivity index (χ1n) is 6.95. The molecule has 1 N–H and O–H groups in total. The van der Waals surface area contributed by atoms with Crippen LogP contribution < -0.4 is 5.32 Å². The van der Waals surface area contributed by atoms with E-state index in [1.165, 1.54) is 19.5 Å². The number of nitrogens with zero attached hydrogens (tertiary/aromatic N) is 3. The van der Waals surface area contributed by atoms with Gasteiger partial charge in [-0.05, 0) is 37.1 Å². The zero-order valence-electron chi connectivity index (χ0n) is 12.9. The Morgan fingerprint density at radius 2 is 2.13 bits per heavy atom. The zero-order chi connectivity index (χ0) is 16.6. The van der Waals surface area contributed by atoms with Crippen molar-refractivity contribution >= 4 is 23.0 Å². The summed E-state index contributed by atoms with van der Waals surface area (Å²) in [6, 6.07) is 4.84. The van der Waals surface area contributed by atoms with Crippen LogP contribution in [0.1, 0.15) is 21.5 Å². The van der Waals surface area contributed by atoms with Crippen LogP contribution in [-0.4, -0.2) is 27.7 Å². The van der Waals surface area contributed by atoms with Crippen molar-refractivity contribution in [2.24, 2.45) is 0 Å². The molecule has 2 heterocycles. The minimum Gasteiger partial charge on any atom is -0.465 e. The van der Waals surface area contributed by atoms with Crippen LogP contribution in [0.15, 0.2) is 30.7 Å². The van der Waals surface area contributed by atoms with Crippen LogP contribution in [0, 0.1) is 19.7 Å². The fourth-order valence-corrected chi connectivity index (χ4v) is 2.38. The third-order valence-electron chi connectivity index (χ3n) is 3.67. The maximum Gasteiger partial charge on any atom is 0.339 e. The molecule has 0 aliphatic heterocycles. The highest BCUT2D eigenvalue weighted by molar-refractivity contribution is 5.95. The molecule has 0 amide bonds. The third-order valence-corrected chi connectivity index (χ3v) is 3.67. The second-order valence-corrected chi connectivity index (χ2v) is 5.15. The Bertz CT molecular complexity index is 904. The molecule has 0 bridgehead atoms. The molecule has 6 nitrogen and oxygen atoms in total. The van der Waals surface area contributed by atoms with Crippen LogP contribution in [-0.2, 0) is 4.74 Å². The van der Waals surface area contributed by atoms with Crippen LogP contribution in [0.2, 0.25) is 0 Å². The van der Waals surface area contributed by atoms with Crippen molar-refractivity contribution in [2.45, 2.75) is 13.8 Å². The molecule has 0 atom stereocenters. The van der Waals surface area contributed by atoms with Gasteiger partial charge < -0.3 is 10.1 Å². The summed E-state index contributed by atoms with van der Waals surface area (Å²) in [5.74, 6) is -0.265. The molecule has 0 saturated carbocycles. The number of carbonyl (C=O) groups excluding carboxylic acids is 1. The number of aryl methyl sites for hydroxylation is 2. The number of halogens is 1. The Morgan fingerprint density at radius 1 is 1.35 bits per heavy atom. The first-order chi connectivity index (χ1) is 11.0. The SMILES string of the molecule is COC(=O)c1cn2ncnc(Nc3ccc(C)c(F)c3)c2c1C. The van der Waals surface area contributed by atoms with Crippen LogP contribution >= 0.6 is 0 Å². The van der Waals surface area contributed by atoms with Gasteiger partial charge in [0.15, 0.2) is 5.82 Å². The zero-order valence-corrected chi connectivity index (χ0v) is 12.9. The topological polar surface area (TPSA) is 68.5 Å². The van der Waals surface area contributed by atoms with Crippen LogP contribution in [0.4, 0.5) is 15.9 Å². The molecule has 1 aromatic carbocycles. The maximum absolute atomic E-state index is 13.7. The number of rotatable bonds is 3. The van der Waals surface area contributed by atoms with Gasteiger partial charge in [0.2, 0.25) is 0 Å². The fraction of sp³-hybridized carbons (Fsp3) is 0.188. The number of fused-ring (bicyclic) bond motifs is 1. The summed E-state index contributed by atoms with van der Waals surface area (Å²) in [5.41, 5.74) is 2.86. The molecule has 0 spiro atoms. The predicted molar refractivity (Wildman–Crippen MR) is 83.5 cm³/mol. The largest absolute Gasteiger partial charge is 0.465 e. The molecule has 3 rings (SSSR count). The number of ether oxygens (including phenoxy) is 1. The molecule has 0 radical (unpaired) electrons. The highest BCUT2D eigenvalue weighted by atomic mass is 19.1. The second kappa shape index (κ2) is 5.68. The van der Waals surface area contributed by atoms with Gasteiger partial charge in [-0.15, -0.1) is 0 Å². The molecular weight excluding hydrogens is 299 g/mol. The summed E-state index contributed by atoms with van der Waals surface area (Å²) >= 11 is 0. The lowest BCUT2D eigenvalue weighted by atomic mass is 10.2. The Balaban J connectivity index is 2.08. The summed E-state index contributed by atoms with van der Waals surface area (Å²) in [4.78, 5) is 16.0. The van der Waals surface area contributed by atoms with Gasteiger partial charge in [0.25, 0.3) is 0 Å². The monoisotopic (exact) mass is 314 g/mol. The molecule has 3 aromatic rings. The molecule has 0 aliphatic rings. The summed E-state index contributed by atoms with van der Waals surface area (Å²) < 4.78 is 20.0. The minimum absolute atomic E-state index is 0.303. The molecule has 118 valence electrons. The average Bonchev–Trinajstić information content (AvgIpc) is 2.88. The number of benzene rings is 1. The van der Waals surface area contributed by atoms with Gasteiger partial charge >= 0.3 is 5.97 Å². The number of carbonyl (C=O) groups is 1. The van der Waals surface area contributed by atoms with E-state index < -0.39 is 5.97 Å². The molecule has 23 heavy (non-hydrogen) atoms. The lowest BCUT2D eigenvalue weighted by molar-refractivity contribution is 0.0600. The van der Waals surface area contributed by atoms with E-state index >= 15 is 0 Å². The molecular formula is C16H15FN4O2. The molecule has 7 heteroatoms. The van der Waals surface area contributed by atoms with Crippen LogP contribution in [0.25, 0.3) is 5.52 Å². The fourth-order valence-electron chi connectivity index (χ4n) is 2.38. The van der Waals surface area contributed by atoms with Gasteiger partial charge in [-0.2, -0.15) is 5.10 Å². The first-order valence-corrected chi connectivity index (χ1v) is 6.95. The second-order valence-electron chi connectivity index (χ2n) is 5.15. The Morgan fingerprint density at radius 3 is 2.83 bits per heavy atom. The van der Waals surface area contributed by atoms with Gasteiger partial charge in [-0.1, -0.05) is 6.07 Å². The van der Waals surface area contributed by atoms with Gasteiger partial charge in [0.1, 0.15) is 17.7 Å². The number of hydrogen-bond donors (Lipinski definition) is 1. The van der Waals surface area contributed by atoms with Crippen molar-refractivity contribution in [3.05, 3.63) is 53.2 Å². The number of nitrogens with one attached hydrogen (secondary N) is 1. The third kappa shape index (κ3) is 2.61. The van der Waals surface area contributed by atoms with Crippen LogP contribution in [0.5, 0.6) is 0 Å². The van der Waals surface area contributed by atoms with Crippen LogP contribution in [0.3, 0.4) is 0 Å². The number of anilines is 2. The lowest BCUT2D eigenvalue weighted by Crippen LogP contribution is -2.01. The van der Waals surface area contributed by atoms with E-state index in [1.54, 1.807) is 36.7 Å². The number of methoxy groups -OCH3 is 1. The van der Waals surface area contributed by atoms with Crippen molar-refractivity contribution < 1.29 is 13.9 Å². The first kappa shape index (κ1) is 15.0. The standard InChI is InChI=1S/C16H15FN4O2/c1-9-4-5-11(6-13(9)17)20-15-14-10(2)12(16(22)23-3)7-21(14)19-8-18-15/h4-8H,1-3H3,(H,18,19,20). The molecule has 0 saturated heterocycles. The van der Waals surface area contributed by atoms with Gasteiger partial charge in [0.05, 0.1) is 12.7 Å². The number of aromatic nitrogens is 3. The summed E-state index contributed by atoms with van der Waals surface area (Å²) in [6.07, 6.45) is 2.94. The summed E-state index contributed by atoms with van der Waals surface area (Å²) in [7, 11) is 1.32. The van der Waals surface area contributed by atoms with Gasteiger partial charge in [-0.3, -0.25) is 0 Å². The number of hydrogen-bond acceptors (Lipinski definition) is 5.